The van der Waals surface area contributed by atoms with Crippen molar-refractivity contribution in [3.8, 4) is 0 Å². The average molecular weight is 1680 g/mol. The summed E-state index contributed by atoms with van der Waals surface area (Å²) in [5.74, 6) is -2.96. The van der Waals surface area contributed by atoms with Crippen molar-refractivity contribution < 1.29 is 97.6 Å². The molecule has 10 heterocycles. The minimum atomic E-state index is -1.09. The molecule has 4 saturated heterocycles. The first-order valence-corrected chi connectivity index (χ1v) is 38.5. The van der Waals surface area contributed by atoms with Crippen molar-refractivity contribution in [2.75, 3.05) is 156 Å². The second-order valence-electron chi connectivity index (χ2n) is 30.4. The van der Waals surface area contributed by atoms with Gasteiger partial charge in [0.1, 0.15) is 95.5 Å². The van der Waals surface area contributed by atoms with E-state index in [4.69, 9.17) is 44.8 Å². The molecule has 4 aliphatic heterocycles. The normalized spacial score (nSPS) is 15.1. The first-order valence-electron chi connectivity index (χ1n) is 38.5. The fraction of sp³-hybridized carbons (Fsp3) is 0.539. The largest absolute Gasteiger partial charge is 0.477 e. The van der Waals surface area contributed by atoms with Crippen LogP contribution in [0.3, 0.4) is 0 Å². The third kappa shape index (κ3) is 38.8. The molecule has 4 amide bonds. The highest BCUT2D eigenvalue weighted by atomic mass is 16.6. The molecule has 654 valence electrons. The lowest BCUT2D eigenvalue weighted by Crippen LogP contribution is -2.50. The van der Waals surface area contributed by atoms with E-state index in [0.29, 0.717) is 120 Å². The van der Waals surface area contributed by atoms with Crippen LogP contribution < -0.4 is 46.6 Å². The van der Waals surface area contributed by atoms with Gasteiger partial charge < -0.3 is 111 Å². The molecule has 44 nitrogen and oxygen atoms in total. The smallest absolute Gasteiger partial charge is 0.410 e. The lowest BCUT2D eigenvalue weighted by atomic mass is 10.1. The fourth-order valence-electron chi connectivity index (χ4n) is 11.1. The van der Waals surface area contributed by atoms with Crippen LogP contribution >= 0.6 is 0 Å². The van der Waals surface area contributed by atoms with Crippen LogP contribution in [0, 0.1) is 5.92 Å². The number of amides is 4. The maximum atomic E-state index is 12.0. The van der Waals surface area contributed by atoms with Gasteiger partial charge in [-0.3, -0.25) is 4.79 Å². The van der Waals surface area contributed by atoms with Gasteiger partial charge in [0.25, 0.3) is 0 Å². The van der Waals surface area contributed by atoms with Crippen LogP contribution in [0.15, 0.2) is 74.4 Å². The van der Waals surface area contributed by atoms with Crippen molar-refractivity contribution >= 4 is 101 Å². The molecule has 6 aromatic rings. The first-order chi connectivity index (χ1) is 56.6. The Morgan fingerprint density at radius 1 is 0.408 bits per heavy atom. The summed E-state index contributed by atoms with van der Waals surface area (Å²) in [5, 5.41) is 70.4. The van der Waals surface area contributed by atoms with Gasteiger partial charge in [0, 0.05) is 161 Å². The highest BCUT2D eigenvalue weighted by Gasteiger charge is 2.31. The number of nitrogens with one attached hydrogen (secondary N) is 6. The first kappa shape index (κ1) is 97.5. The number of ether oxygens (including phenoxy) is 3. The van der Waals surface area contributed by atoms with E-state index in [2.05, 4.69) is 109 Å². The molecule has 6 aromatic heterocycles. The van der Waals surface area contributed by atoms with E-state index < -0.39 is 64.8 Å². The van der Waals surface area contributed by atoms with Gasteiger partial charge >= 0.3 is 54.1 Å². The number of aromatic carboxylic acids is 6. The number of piperazine rings is 2. The minimum absolute atomic E-state index is 0.0153. The van der Waals surface area contributed by atoms with E-state index in [1.165, 1.54) is 88.2 Å². The van der Waals surface area contributed by atoms with Crippen LogP contribution in [0.25, 0.3) is 0 Å². The number of nitrogens with zero attached hydrogens (tertiary/aromatic N) is 18. The number of ketones is 1. The number of Topliss-reactive ketones (excluding diaryl/α,β-unsaturated/α-hetero) is 1. The summed E-state index contributed by atoms with van der Waals surface area (Å²) >= 11 is 0. The molecule has 4 fully saturated rings. The number of aromatic nitrogens is 12. The summed E-state index contributed by atoms with van der Waals surface area (Å²) in [6.45, 7) is 32.8. The van der Waals surface area contributed by atoms with Crippen molar-refractivity contribution in [3.63, 3.8) is 0 Å². The molecule has 0 spiro atoms. The number of likely N-dealkylation sites (N-methyl/N-ethyl adjacent to an activating group) is 1. The third-order valence-corrected chi connectivity index (χ3v) is 16.9. The zero-order valence-corrected chi connectivity index (χ0v) is 69.5. The molecule has 2 atom stereocenters. The molecule has 44 heteroatoms. The summed E-state index contributed by atoms with van der Waals surface area (Å²) in [6, 6.07) is 8.45. The molecule has 0 radical (unpaired) electrons. The van der Waals surface area contributed by atoms with Crippen LogP contribution in [0.1, 0.15) is 178 Å². The van der Waals surface area contributed by atoms with Crippen LogP contribution in [-0.4, -0.2) is 319 Å². The number of carboxylic acids is 6. The lowest BCUT2D eigenvalue weighted by molar-refractivity contribution is -0.119. The van der Waals surface area contributed by atoms with Crippen LogP contribution in [0.2, 0.25) is 0 Å². The van der Waals surface area contributed by atoms with Crippen molar-refractivity contribution in [1.82, 2.24) is 90.5 Å². The predicted molar refractivity (Wildman–Crippen MR) is 436 cm³/mol. The number of carbonyl (C=O) groups excluding carboxylic acids is 5. The summed E-state index contributed by atoms with van der Waals surface area (Å²) in [7, 11) is 2.15. The Bertz CT molecular complexity index is 4310. The molecule has 0 bridgehead atoms. The number of hydrogen-bond acceptors (Lipinski definition) is 34. The van der Waals surface area contributed by atoms with Gasteiger partial charge in [-0.2, -0.15) is 0 Å². The van der Waals surface area contributed by atoms with E-state index in [1.54, 1.807) is 4.90 Å². The van der Waals surface area contributed by atoms with Crippen LogP contribution in [0.4, 0.5) is 49.3 Å². The maximum Gasteiger partial charge on any atom is 0.410 e. The zero-order chi connectivity index (χ0) is 88.7. The minimum Gasteiger partial charge on any atom is -0.477 e. The van der Waals surface area contributed by atoms with Crippen LogP contribution in [-0.2, 0) is 23.8 Å². The second kappa shape index (κ2) is 48.6. The number of hydrogen-bond donors (Lipinski definition) is 12. The average Bonchev–Trinajstić information content (AvgIpc) is 1.56. The molecular weight excluding hydrogens is 1570 g/mol. The Balaban J connectivity index is 0.000000257. The van der Waals surface area contributed by atoms with Crippen molar-refractivity contribution in [2.24, 2.45) is 5.92 Å². The quantitative estimate of drug-likeness (QED) is 0.0229. The number of anilines is 6. The fourth-order valence-corrected chi connectivity index (χ4v) is 11.1. The summed E-state index contributed by atoms with van der Waals surface area (Å²) in [6.07, 6.45) is 10.7. The summed E-state index contributed by atoms with van der Waals surface area (Å²) < 4.78 is 15.8. The summed E-state index contributed by atoms with van der Waals surface area (Å²) in [4.78, 5) is 180. The second-order valence-corrected chi connectivity index (χ2v) is 30.4. The molecule has 1 unspecified atom stereocenters. The number of carbonyl (C=O) groups is 11. The predicted octanol–water partition coefficient (Wildman–Crippen LogP) is 5.33. The Kier molecular flexibility index (Phi) is 39.5. The number of carboxylic acid groups (broad SMARTS) is 6. The van der Waals surface area contributed by atoms with Gasteiger partial charge in [-0.1, -0.05) is 0 Å². The summed E-state index contributed by atoms with van der Waals surface area (Å²) in [5.41, 5.74) is -1.77. The maximum absolute atomic E-state index is 12.0. The highest BCUT2D eigenvalue weighted by molar-refractivity contribution is 5.89. The van der Waals surface area contributed by atoms with Crippen LogP contribution in [0.5, 0.6) is 0 Å². The highest BCUT2D eigenvalue weighted by Crippen LogP contribution is 2.24. The van der Waals surface area contributed by atoms with Gasteiger partial charge in [0.2, 0.25) is 5.91 Å². The van der Waals surface area contributed by atoms with Gasteiger partial charge in [-0.25, -0.2) is 103 Å². The van der Waals surface area contributed by atoms with E-state index in [0.717, 1.165) is 71.5 Å². The van der Waals surface area contributed by atoms with E-state index in [9.17, 15) is 52.7 Å². The molecule has 0 aliphatic carbocycles. The van der Waals surface area contributed by atoms with E-state index in [1.807, 2.05) is 77.0 Å². The SMILES string of the molecule is CC(=O)CCCNc1cc(C(=O)O)ncn1.CC(=O)NCCCNc1cc(C(=O)O)ncn1.CC(C)(C)OC(=O)N1CCN(c2cc(C(=O)O)ncn2)CC1.CC(C)(C)OC(=O)NC1CCN(c2cc(C(=O)O)ncn2)C1.CC(C)(C)OC(=O)NC[C@H]1CCN(c2cc(C(=O)O)ncn2)C1.CN1CCN(CCCNc2cc(C(=O)O)ncn2)CC1. The lowest BCUT2D eigenvalue weighted by Gasteiger charge is -2.36. The molecule has 12 N–H and O–H groups in total. The van der Waals surface area contributed by atoms with Crippen molar-refractivity contribution in [1.29, 1.82) is 0 Å². The topological polar surface area (TPSA) is 583 Å². The monoisotopic (exact) mass is 1680 g/mol. The standard InChI is InChI=1S/C15H22N4O4.2C14H20N4O4.C13H21N5O2.C10H14N4O3.C10H13N3O3/c1-15(2,3)23-14(22)16-7-10-4-5-19(8-10)12-6-11(13(20)21)17-9-18-12;1-14(2,3)22-13(21)18-6-4-17(5-7-18)11-8-10(12(19)20)15-9-16-11;1-14(2,3)22-13(21)17-9-4-5-18(7-9)11-6-10(12(19)20)15-8-16-11;1-17-5-7-18(8-6-17)4-2-3-14-12-9-11(13(19)20)15-10-16-12;1-7(15)11-3-2-4-12-9-5-8(10(16)17)13-6-14-9;1-7(14)3-2-4-11-9-5-8(10(15)16)12-6-13-9/h6,9-10H,4-5,7-8H2,1-3H3,(H,16,22)(H,20,21);8-9H,4-7H2,1-3H3,(H,19,20);6,8-9H,4-5,7H2,1-3H3,(H,17,21)(H,19,20);9-10H,2-8H2,1H3,(H,19,20)(H,14,15,16);5-6H,2-4H2,1H3,(H,11,15)(H,16,17)(H,12,13,14);5-6H,2-4H2,1H3,(H,15,16)(H,11,12,13)/t10-;;;;;/m1...../s1. The van der Waals surface area contributed by atoms with Gasteiger partial charge in [-0.05, 0) is 121 Å². The molecule has 120 heavy (non-hydrogen) atoms. The Labute approximate surface area is 693 Å². The Hall–Kier alpha value is -13.0. The van der Waals surface area contributed by atoms with Crippen molar-refractivity contribution in [2.45, 2.75) is 138 Å². The van der Waals surface area contributed by atoms with Gasteiger partial charge in [0.05, 0.1) is 6.04 Å². The van der Waals surface area contributed by atoms with E-state index >= 15 is 0 Å². The Morgan fingerprint density at radius 3 is 1.21 bits per heavy atom. The third-order valence-electron chi connectivity index (χ3n) is 16.9. The van der Waals surface area contributed by atoms with E-state index in [-0.39, 0.29) is 63.9 Å². The molecule has 4 aliphatic rings. The Morgan fingerprint density at radius 2 is 0.792 bits per heavy atom. The van der Waals surface area contributed by atoms with Gasteiger partial charge in [0.15, 0.2) is 34.2 Å². The molecular formula is C76H110N24O20. The molecule has 10 rings (SSSR count). The van der Waals surface area contributed by atoms with Gasteiger partial charge in [-0.15, -0.1) is 0 Å². The van der Waals surface area contributed by atoms with Crippen molar-refractivity contribution in [3.05, 3.63) is 109 Å². The molecule has 0 saturated carbocycles. The molecule has 0 aromatic carbocycles. The zero-order valence-electron chi connectivity index (χ0n) is 69.5. The number of alkyl carbamates (subject to hydrolysis) is 2. The number of rotatable bonds is 27.